The lowest BCUT2D eigenvalue weighted by atomic mass is 10.1. The second-order valence-corrected chi connectivity index (χ2v) is 4.60. The van der Waals surface area contributed by atoms with Crippen molar-refractivity contribution in [1.82, 2.24) is 14.8 Å². The van der Waals surface area contributed by atoms with Gasteiger partial charge in [0.2, 0.25) is 0 Å². The normalized spacial score (nSPS) is 18.3. The van der Waals surface area contributed by atoms with Crippen LogP contribution in [-0.2, 0) is 12.8 Å². The Kier molecular flexibility index (Phi) is 2.67. The van der Waals surface area contributed by atoms with Gasteiger partial charge in [0.25, 0.3) is 0 Å². The summed E-state index contributed by atoms with van der Waals surface area (Å²) in [5.74, 6) is 2.16. The third kappa shape index (κ3) is 1.86. The first kappa shape index (κ1) is 10.5. The molecule has 0 fully saturated rings. The van der Waals surface area contributed by atoms with E-state index >= 15 is 0 Å². The third-order valence-electron chi connectivity index (χ3n) is 3.34. The number of hydrogen-bond acceptors (Lipinski definition) is 2. The van der Waals surface area contributed by atoms with Crippen LogP contribution in [0.25, 0.3) is 0 Å². The summed E-state index contributed by atoms with van der Waals surface area (Å²) in [5, 5.41) is 4.64. The monoisotopic (exact) mass is 227 g/mol. The highest BCUT2D eigenvalue weighted by Gasteiger charge is 2.26. The lowest BCUT2D eigenvalue weighted by Crippen LogP contribution is -2.07. The number of aromatic nitrogens is 3. The molecular formula is C14H17N3. The summed E-state index contributed by atoms with van der Waals surface area (Å²) < 4.78 is 2.13. The zero-order valence-corrected chi connectivity index (χ0v) is 10.1. The van der Waals surface area contributed by atoms with Crippen molar-refractivity contribution in [3.8, 4) is 0 Å². The smallest absolute Gasteiger partial charge is 0.150 e. The van der Waals surface area contributed by atoms with Gasteiger partial charge in [0.05, 0.1) is 6.04 Å². The van der Waals surface area contributed by atoms with Crippen molar-refractivity contribution in [1.29, 1.82) is 0 Å². The van der Waals surface area contributed by atoms with Crippen LogP contribution in [0.2, 0.25) is 0 Å². The molecule has 0 spiro atoms. The molecule has 0 saturated heterocycles. The van der Waals surface area contributed by atoms with Gasteiger partial charge in [-0.25, -0.2) is 9.67 Å². The van der Waals surface area contributed by atoms with Gasteiger partial charge in [-0.2, -0.15) is 5.10 Å². The van der Waals surface area contributed by atoms with Crippen LogP contribution in [0, 0.1) is 0 Å². The maximum absolute atomic E-state index is 4.64. The van der Waals surface area contributed by atoms with E-state index in [-0.39, 0.29) is 0 Å². The Morgan fingerprint density at radius 1 is 1.29 bits per heavy atom. The lowest BCUT2D eigenvalue weighted by Gasteiger charge is -2.11. The van der Waals surface area contributed by atoms with Gasteiger partial charge >= 0.3 is 0 Å². The summed E-state index contributed by atoms with van der Waals surface area (Å²) in [4.78, 5) is 4.61. The van der Waals surface area contributed by atoms with Crippen LogP contribution in [0.3, 0.4) is 0 Å². The van der Waals surface area contributed by atoms with Crippen LogP contribution in [-0.4, -0.2) is 14.8 Å². The van der Waals surface area contributed by atoms with Gasteiger partial charge in [0.1, 0.15) is 5.82 Å². The van der Waals surface area contributed by atoms with Crippen molar-refractivity contribution in [3.05, 3.63) is 47.5 Å². The summed E-state index contributed by atoms with van der Waals surface area (Å²) in [6, 6.07) is 11.0. The van der Waals surface area contributed by atoms with Crippen LogP contribution in [0.4, 0.5) is 0 Å². The van der Waals surface area contributed by atoms with Crippen molar-refractivity contribution in [2.45, 2.75) is 38.6 Å². The highest BCUT2D eigenvalue weighted by molar-refractivity contribution is 5.22. The van der Waals surface area contributed by atoms with E-state index in [1.54, 1.807) is 0 Å². The first-order chi connectivity index (χ1) is 8.38. The molecule has 0 bridgehead atoms. The van der Waals surface area contributed by atoms with Crippen molar-refractivity contribution in [2.24, 2.45) is 0 Å². The molecule has 3 rings (SSSR count). The number of nitrogens with zero attached hydrogens (tertiary/aromatic N) is 3. The van der Waals surface area contributed by atoms with Crippen molar-refractivity contribution < 1.29 is 0 Å². The topological polar surface area (TPSA) is 30.7 Å². The zero-order chi connectivity index (χ0) is 11.7. The van der Waals surface area contributed by atoms with Crippen molar-refractivity contribution in [2.75, 3.05) is 0 Å². The van der Waals surface area contributed by atoms with Crippen molar-refractivity contribution in [3.63, 3.8) is 0 Å². The maximum atomic E-state index is 4.64. The molecule has 17 heavy (non-hydrogen) atoms. The van der Waals surface area contributed by atoms with E-state index in [2.05, 4.69) is 52.0 Å². The van der Waals surface area contributed by atoms with Gasteiger partial charge < -0.3 is 0 Å². The molecule has 0 aliphatic carbocycles. The standard InChI is InChI=1S/C14H17N3/c1-2-6-13-15-14-10-9-12(17(14)16-13)11-7-4-3-5-8-11/h3-5,7-8,12H,2,6,9-10H2,1H3. The minimum absolute atomic E-state index is 0.393. The van der Waals surface area contributed by atoms with E-state index in [1.165, 1.54) is 5.56 Å². The van der Waals surface area contributed by atoms with E-state index in [0.29, 0.717) is 6.04 Å². The average Bonchev–Trinajstić information content (AvgIpc) is 2.90. The Balaban J connectivity index is 1.93. The summed E-state index contributed by atoms with van der Waals surface area (Å²) in [7, 11) is 0. The Morgan fingerprint density at radius 2 is 2.12 bits per heavy atom. The van der Waals surface area contributed by atoms with E-state index in [1.807, 2.05) is 0 Å². The molecule has 0 N–H and O–H groups in total. The molecular weight excluding hydrogens is 210 g/mol. The summed E-state index contributed by atoms with van der Waals surface area (Å²) in [6.45, 7) is 2.17. The average molecular weight is 227 g/mol. The van der Waals surface area contributed by atoms with E-state index < -0.39 is 0 Å². The van der Waals surface area contributed by atoms with Gasteiger partial charge in [-0.05, 0) is 18.4 Å². The molecule has 0 radical (unpaired) electrons. The Hall–Kier alpha value is -1.64. The maximum Gasteiger partial charge on any atom is 0.150 e. The first-order valence-corrected chi connectivity index (χ1v) is 6.37. The van der Waals surface area contributed by atoms with Crippen LogP contribution >= 0.6 is 0 Å². The van der Waals surface area contributed by atoms with Gasteiger partial charge in [-0.15, -0.1) is 0 Å². The van der Waals surface area contributed by atoms with Crippen LogP contribution in [0.15, 0.2) is 30.3 Å². The molecule has 3 heteroatoms. The molecule has 1 aromatic carbocycles. The summed E-state index contributed by atoms with van der Waals surface area (Å²) in [5.41, 5.74) is 1.35. The number of rotatable bonds is 3. The second-order valence-electron chi connectivity index (χ2n) is 4.60. The van der Waals surface area contributed by atoms with E-state index in [9.17, 15) is 0 Å². The molecule has 1 atom stereocenters. The van der Waals surface area contributed by atoms with Crippen molar-refractivity contribution >= 4 is 0 Å². The minimum Gasteiger partial charge on any atom is -0.242 e. The Labute approximate surface area is 101 Å². The molecule has 0 saturated carbocycles. The quantitative estimate of drug-likeness (QED) is 0.807. The predicted octanol–water partition coefficient (Wildman–Crippen LogP) is 2.77. The molecule has 2 aromatic rings. The van der Waals surface area contributed by atoms with Crippen LogP contribution in [0.1, 0.15) is 43.0 Å². The van der Waals surface area contributed by atoms with Gasteiger partial charge in [0.15, 0.2) is 5.82 Å². The molecule has 0 amide bonds. The molecule has 2 heterocycles. The molecule has 1 aliphatic rings. The zero-order valence-electron chi connectivity index (χ0n) is 10.1. The molecule has 1 aliphatic heterocycles. The summed E-state index contributed by atoms with van der Waals surface area (Å²) in [6.07, 6.45) is 4.28. The summed E-state index contributed by atoms with van der Waals surface area (Å²) >= 11 is 0. The first-order valence-electron chi connectivity index (χ1n) is 6.37. The third-order valence-corrected chi connectivity index (χ3v) is 3.34. The largest absolute Gasteiger partial charge is 0.242 e. The fourth-order valence-corrected chi connectivity index (χ4v) is 2.53. The fourth-order valence-electron chi connectivity index (χ4n) is 2.53. The van der Waals surface area contributed by atoms with E-state index in [4.69, 9.17) is 0 Å². The molecule has 3 nitrogen and oxygen atoms in total. The number of benzene rings is 1. The Morgan fingerprint density at radius 3 is 2.88 bits per heavy atom. The SMILES string of the molecule is CCCc1nc2n(n1)C(c1ccccc1)CC2. The fraction of sp³-hybridized carbons (Fsp3) is 0.429. The van der Waals surface area contributed by atoms with Gasteiger partial charge in [0, 0.05) is 12.8 Å². The predicted molar refractivity (Wildman–Crippen MR) is 66.9 cm³/mol. The number of fused-ring (bicyclic) bond motifs is 1. The molecule has 1 aromatic heterocycles. The van der Waals surface area contributed by atoms with Crippen LogP contribution in [0.5, 0.6) is 0 Å². The molecule has 1 unspecified atom stereocenters. The van der Waals surface area contributed by atoms with E-state index in [0.717, 1.165) is 37.3 Å². The van der Waals surface area contributed by atoms with Gasteiger partial charge in [-0.3, -0.25) is 0 Å². The second kappa shape index (κ2) is 4.32. The number of hydrogen-bond donors (Lipinski definition) is 0. The lowest BCUT2D eigenvalue weighted by molar-refractivity contribution is 0.547. The minimum atomic E-state index is 0.393. The highest BCUT2D eigenvalue weighted by atomic mass is 15.4. The number of aryl methyl sites for hydroxylation is 2. The molecule has 88 valence electrons. The van der Waals surface area contributed by atoms with Crippen LogP contribution < -0.4 is 0 Å². The van der Waals surface area contributed by atoms with Gasteiger partial charge in [-0.1, -0.05) is 37.3 Å². The Bertz CT molecular complexity index is 501. The highest BCUT2D eigenvalue weighted by Crippen LogP contribution is 2.30.